The summed E-state index contributed by atoms with van der Waals surface area (Å²) >= 11 is 0. The maximum Gasteiger partial charge on any atom is 0.226 e. The van der Waals surface area contributed by atoms with Crippen molar-refractivity contribution in [2.75, 3.05) is 39.5 Å². The third-order valence-corrected chi connectivity index (χ3v) is 4.17. The number of carbonyl (C=O) groups excluding carboxylic acids is 2. The molecule has 1 aliphatic heterocycles. The summed E-state index contributed by atoms with van der Waals surface area (Å²) < 4.78 is 6.26. The highest BCUT2D eigenvalue weighted by Gasteiger charge is 2.27. The van der Waals surface area contributed by atoms with E-state index in [1.54, 1.807) is 4.90 Å². The average Bonchev–Trinajstić information content (AvgIpc) is 2.50. The number of ether oxygens (including phenoxy) is 1. The summed E-state index contributed by atoms with van der Waals surface area (Å²) in [5.41, 5.74) is 1.48. The van der Waals surface area contributed by atoms with Crippen LogP contribution in [-0.2, 0) is 16.0 Å². The van der Waals surface area contributed by atoms with Gasteiger partial charge in [0.05, 0.1) is 6.42 Å². The Labute approximate surface area is 143 Å². The number of hydrogen-bond donors (Lipinski definition) is 1. The van der Waals surface area contributed by atoms with E-state index >= 15 is 0 Å². The van der Waals surface area contributed by atoms with Crippen LogP contribution in [0, 0.1) is 5.92 Å². The third-order valence-electron chi connectivity index (χ3n) is 4.17. The number of likely N-dealkylation sites (N-methyl/N-ethyl adjacent to an activating group) is 2. The lowest BCUT2D eigenvalue weighted by Gasteiger charge is -2.29. The Morgan fingerprint density at radius 3 is 2.75 bits per heavy atom. The van der Waals surface area contributed by atoms with Crippen LogP contribution in [0.2, 0.25) is 0 Å². The quantitative estimate of drug-likeness (QED) is 0.913. The van der Waals surface area contributed by atoms with Gasteiger partial charge in [0.2, 0.25) is 11.8 Å². The van der Waals surface area contributed by atoms with Gasteiger partial charge in [0.1, 0.15) is 11.9 Å². The molecule has 0 fully saturated rings. The van der Waals surface area contributed by atoms with Crippen molar-refractivity contribution in [2.45, 2.75) is 26.4 Å². The smallest absolute Gasteiger partial charge is 0.226 e. The molecular weight excluding hydrogens is 306 g/mol. The lowest BCUT2D eigenvalue weighted by molar-refractivity contribution is -0.129. The number of rotatable bonds is 3. The van der Waals surface area contributed by atoms with Gasteiger partial charge >= 0.3 is 0 Å². The number of carbonyl (C=O) groups is 2. The average molecular weight is 333 g/mol. The SMILES string of the molecule is CC(=O)Nc1ccc2c(c1)CC(=O)N(C)C[C@@H](C)[C@@H](CN(C)C)O2. The summed E-state index contributed by atoms with van der Waals surface area (Å²) in [5, 5.41) is 2.76. The molecule has 1 heterocycles. The van der Waals surface area contributed by atoms with Crippen LogP contribution in [0.25, 0.3) is 0 Å². The van der Waals surface area contributed by atoms with E-state index in [-0.39, 0.29) is 30.3 Å². The van der Waals surface area contributed by atoms with E-state index in [0.717, 1.165) is 12.1 Å². The lowest BCUT2D eigenvalue weighted by Crippen LogP contribution is -2.41. The van der Waals surface area contributed by atoms with Crippen molar-refractivity contribution in [3.05, 3.63) is 23.8 Å². The van der Waals surface area contributed by atoms with Crippen LogP contribution >= 0.6 is 0 Å². The van der Waals surface area contributed by atoms with Crippen molar-refractivity contribution < 1.29 is 14.3 Å². The summed E-state index contributed by atoms with van der Waals surface area (Å²) in [6.45, 7) is 5.00. The standard InChI is InChI=1S/C18H27N3O3/c1-12-10-21(5)18(23)9-14-8-15(19-13(2)22)6-7-16(14)24-17(12)11-20(3)4/h6-8,12,17H,9-11H2,1-5H3,(H,19,22)/t12-,17-/m1/s1. The number of benzene rings is 1. The Morgan fingerprint density at radius 1 is 1.42 bits per heavy atom. The molecule has 0 aliphatic carbocycles. The van der Waals surface area contributed by atoms with Gasteiger partial charge in [-0.25, -0.2) is 0 Å². The largest absolute Gasteiger partial charge is 0.488 e. The highest BCUT2D eigenvalue weighted by molar-refractivity contribution is 5.89. The first-order chi connectivity index (χ1) is 11.3. The van der Waals surface area contributed by atoms with Crippen LogP contribution in [-0.4, -0.2) is 62.0 Å². The fourth-order valence-electron chi connectivity index (χ4n) is 2.92. The zero-order chi connectivity index (χ0) is 17.9. The maximum atomic E-state index is 12.5. The Hall–Kier alpha value is -2.08. The molecule has 2 amide bonds. The molecule has 1 aromatic carbocycles. The van der Waals surface area contributed by atoms with Crippen molar-refractivity contribution in [3.63, 3.8) is 0 Å². The first kappa shape index (κ1) is 18.3. The lowest BCUT2D eigenvalue weighted by atomic mass is 10.0. The Bertz CT molecular complexity index is 616. The third kappa shape index (κ3) is 4.71. The van der Waals surface area contributed by atoms with Gasteiger partial charge < -0.3 is 19.9 Å². The Balaban J connectivity index is 2.37. The van der Waals surface area contributed by atoms with Crippen molar-refractivity contribution in [1.82, 2.24) is 9.80 Å². The van der Waals surface area contributed by atoms with Crippen molar-refractivity contribution in [2.24, 2.45) is 5.92 Å². The zero-order valence-electron chi connectivity index (χ0n) is 15.1. The molecule has 0 bridgehead atoms. The summed E-state index contributed by atoms with van der Waals surface area (Å²) in [6, 6.07) is 5.48. The van der Waals surface area contributed by atoms with E-state index in [0.29, 0.717) is 18.0 Å². The van der Waals surface area contributed by atoms with Gasteiger partial charge in [0, 0.05) is 44.2 Å². The molecule has 1 aromatic rings. The molecule has 0 aromatic heterocycles. The van der Waals surface area contributed by atoms with Crippen LogP contribution in [0.15, 0.2) is 18.2 Å². The summed E-state index contributed by atoms with van der Waals surface area (Å²) in [4.78, 5) is 27.6. The number of amides is 2. The molecule has 0 unspecified atom stereocenters. The molecule has 1 aliphatic rings. The minimum absolute atomic E-state index is 0.0151. The second-order valence-electron chi connectivity index (χ2n) is 6.85. The molecule has 0 radical (unpaired) electrons. The molecule has 1 N–H and O–H groups in total. The number of hydrogen-bond acceptors (Lipinski definition) is 4. The number of anilines is 1. The number of nitrogens with one attached hydrogen (secondary N) is 1. The van der Waals surface area contributed by atoms with E-state index in [1.807, 2.05) is 39.3 Å². The van der Waals surface area contributed by atoms with Crippen molar-refractivity contribution in [3.8, 4) is 5.75 Å². The van der Waals surface area contributed by atoms with Gasteiger partial charge in [-0.3, -0.25) is 9.59 Å². The highest BCUT2D eigenvalue weighted by atomic mass is 16.5. The normalized spacial score (nSPS) is 21.4. The molecule has 24 heavy (non-hydrogen) atoms. The summed E-state index contributed by atoms with van der Waals surface area (Å²) in [7, 11) is 5.85. The molecule has 2 rings (SSSR count). The second kappa shape index (κ2) is 7.66. The molecule has 6 heteroatoms. The predicted octanol–water partition coefficient (Wildman–Crippen LogP) is 1.60. The summed E-state index contributed by atoms with van der Waals surface area (Å²) in [6.07, 6.45) is 0.249. The fourth-order valence-corrected chi connectivity index (χ4v) is 2.92. The first-order valence-corrected chi connectivity index (χ1v) is 8.22. The summed E-state index contributed by atoms with van der Waals surface area (Å²) in [5.74, 6) is 0.840. The van der Waals surface area contributed by atoms with E-state index < -0.39 is 0 Å². The Kier molecular flexibility index (Phi) is 5.83. The van der Waals surface area contributed by atoms with E-state index in [2.05, 4.69) is 17.1 Å². The van der Waals surface area contributed by atoms with Crippen LogP contribution in [0.3, 0.4) is 0 Å². The van der Waals surface area contributed by atoms with Gasteiger partial charge in [0.25, 0.3) is 0 Å². The van der Waals surface area contributed by atoms with Crippen LogP contribution in [0.5, 0.6) is 5.75 Å². The topological polar surface area (TPSA) is 61.9 Å². The number of fused-ring (bicyclic) bond motifs is 1. The van der Waals surface area contributed by atoms with Gasteiger partial charge in [-0.15, -0.1) is 0 Å². The second-order valence-corrected chi connectivity index (χ2v) is 6.85. The van der Waals surface area contributed by atoms with E-state index in [9.17, 15) is 9.59 Å². The van der Waals surface area contributed by atoms with E-state index in [4.69, 9.17) is 4.74 Å². The molecular formula is C18H27N3O3. The van der Waals surface area contributed by atoms with Crippen LogP contribution < -0.4 is 10.1 Å². The molecule has 132 valence electrons. The molecule has 0 saturated carbocycles. The van der Waals surface area contributed by atoms with E-state index in [1.165, 1.54) is 6.92 Å². The minimum atomic E-state index is -0.138. The first-order valence-electron chi connectivity index (χ1n) is 8.22. The molecule has 6 nitrogen and oxygen atoms in total. The van der Waals surface area contributed by atoms with Gasteiger partial charge in [-0.1, -0.05) is 6.92 Å². The monoisotopic (exact) mass is 333 g/mol. The zero-order valence-corrected chi connectivity index (χ0v) is 15.1. The van der Waals surface area contributed by atoms with Gasteiger partial charge in [-0.2, -0.15) is 0 Å². The van der Waals surface area contributed by atoms with Crippen LogP contribution in [0.4, 0.5) is 5.69 Å². The fraction of sp³-hybridized carbons (Fsp3) is 0.556. The molecule has 0 saturated heterocycles. The highest BCUT2D eigenvalue weighted by Crippen LogP contribution is 2.28. The maximum absolute atomic E-state index is 12.5. The minimum Gasteiger partial charge on any atom is -0.488 e. The van der Waals surface area contributed by atoms with Crippen LogP contribution in [0.1, 0.15) is 19.4 Å². The van der Waals surface area contributed by atoms with Gasteiger partial charge in [-0.05, 0) is 32.3 Å². The van der Waals surface area contributed by atoms with Crippen molar-refractivity contribution >= 4 is 17.5 Å². The molecule has 2 atom stereocenters. The molecule has 0 spiro atoms. The predicted molar refractivity (Wildman–Crippen MR) is 94.2 cm³/mol. The van der Waals surface area contributed by atoms with Crippen molar-refractivity contribution in [1.29, 1.82) is 0 Å². The number of nitrogens with zero attached hydrogens (tertiary/aromatic N) is 2. The van der Waals surface area contributed by atoms with Gasteiger partial charge in [0.15, 0.2) is 0 Å². The Morgan fingerprint density at radius 2 is 2.12 bits per heavy atom.